The zero-order chi connectivity index (χ0) is 18.6. The Kier molecular flexibility index (Phi) is 6.16. The fraction of sp³-hybridized carbons (Fsp3) is 0.556. The number of anilines is 1. The Labute approximate surface area is 153 Å². The van der Waals surface area contributed by atoms with Crippen molar-refractivity contribution in [1.82, 2.24) is 4.90 Å². The van der Waals surface area contributed by atoms with E-state index in [4.69, 9.17) is 21.1 Å². The van der Waals surface area contributed by atoms with Crippen LogP contribution in [0, 0.1) is 0 Å². The van der Waals surface area contributed by atoms with Gasteiger partial charge >= 0.3 is 12.1 Å². The van der Waals surface area contributed by atoms with Gasteiger partial charge in [0.2, 0.25) is 0 Å². The highest BCUT2D eigenvalue weighted by molar-refractivity contribution is 6.33. The highest BCUT2D eigenvalue weighted by Gasteiger charge is 2.25. The van der Waals surface area contributed by atoms with Crippen molar-refractivity contribution in [3.63, 3.8) is 0 Å². The molecular weight excluding hydrogens is 344 g/mol. The molecule has 0 bridgehead atoms. The van der Waals surface area contributed by atoms with Crippen LogP contribution in [0.2, 0.25) is 5.02 Å². The molecular formula is C18H25ClN2O4. The fourth-order valence-electron chi connectivity index (χ4n) is 2.68. The smallest absolute Gasteiger partial charge is 0.410 e. The van der Waals surface area contributed by atoms with Crippen LogP contribution in [0.1, 0.15) is 37.6 Å². The third-order valence-electron chi connectivity index (χ3n) is 3.86. The molecule has 138 valence electrons. The molecule has 1 aliphatic rings. The predicted molar refractivity (Wildman–Crippen MR) is 97.4 cm³/mol. The third-order valence-corrected chi connectivity index (χ3v) is 4.16. The molecule has 0 saturated carbocycles. The molecule has 0 N–H and O–H groups in total. The van der Waals surface area contributed by atoms with E-state index in [1.165, 1.54) is 7.11 Å². The molecule has 1 heterocycles. The second kappa shape index (κ2) is 7.95. The molecule has 0 aromatic heterocycles. The summed E-state index contributed by atoms with van der Waals surface area (Å²) in [4.78, 5) is 27.7. The summed E-state index contributed by atoms with van der Waals surface area (Å²) in [6.07, 6.45) is 0.524. The van der Waals surface area contributed by atoms with E-state index in [0.29, 0.717) is 30.2 Å². The Morgan fingerprint density at radius 2 is 1.84 bits per heavy atom. The van der Waals surface area contributed by atoms with Gasteiger partial charge in [-0.05, 0) is 45.4 Å². The van der Waals surface area contributed by atoms with Gasteiger partial charge in [0, 0.05) is 26.2 Å². The standard InChI is InChI=1S/C18H25ClN2O4/c1-18(2,3)25-17(23)21-9-5-8-20(10-11-21)15-7-6-13(12-14(15)19)16(22)24-4/h6-7,12H,5,8-11H2,1-4H3. The van der Waals surface area contributed by atoms with E-state index in [1.807, 2.05) is 26.8 Å². The normalized spacial score (nSPS) is 15.6. The Hall–Kier alpha value is -1.95. The van der Waals surface area contributed by atoms with Crippen LogP contribution in [-0.2, 0) is 9.47 Å². The number of hydrogen-bond acceptors (Lipinski definition) is 5. The summed E-state index contributed by atoms with van der Waals surface area (Å²) in [5.41, 5.74) is 0.762. The lowest BCUT2D eigenvalue weighted by Gasteiger charge is -2.27. The molecule has 0 unspecified atom stereocenters. The molecule has 1 amide bonds. The molecule has 0 atom stereocenters. The molecule has 1 saturated heterocycles. The van der Waals surface area contributed by atoms with Crippen LogP contribution in [-0.4, -0.2) is 55.9 Å². The topological polar surface area (TPSA) is 59.1 Å². The van der Waals surface area contributed by atoms with Crippen molar-refractivity contribution in [1.29, 1.82) is 0 Å². The van der Waals surface area contributed by atoms with E-state index < -0.39 is 11.6 Å². The van der Waals surface area contributed by atoms with Crippen molar-refractivity contribution in [2.24, 2.45) is 0 Å². The third kappa shape index (κ3) is 5.26. The minimum absolute atomic E-state index is 0.290. The minimum atomic E-state index is -0.504. The summed E-state index contributed by atoms with van der Waals surface area (Å²) in [5, 5.41) is 0.494. The number of carbonyl (C=O) groups is 2. The molecule has 1 fully saturated rings. The van der Waals surface area contributed by atoms with E-state index in [2.05, 4.69) is 4.90 Å². The van der Waals surface area contributed by atoms with Gasteiger partial charge in [0.25, 0.3) is 0 Å². The predicted octanol–water partition coefficient (Wildman–Crippen LogP) is 3.57. The number of halogens is 1. The summed E-state index contributed by atoms with van der Waals surface area (Å²) in [7, 11) is 1.34. The van der Waals surface area contributed by atoms with Crippen LogP contribution in [0.25, 0.3) is 0 Å². The first-order chi connectivity index (χ1) is 11.7. The van der Waals surface area contributed by atoms with Gasteiger partial charge in [-0.2, -0.15) is 0 Å². The van der Waals surface area contributed by atoms with Gasteiger partial charge in [0.05, 0.1) is 23.4 Å². The van der Waals surface area contributed by atoms with Crippen molar-refractivity contribution in [2.45, 2.75) is 32.8 Å². The van der Waals surface area contributed by atoms with Gasteiger partial charge in [-0.15, -0.1) is 0 Å². The second-order valence-corrected chi connectivity index (χ2v) is 7.37. The average molecular weight is 369 g/mol. The molecule has 6 nitrogen and oxygen atoms in total. The fourth-order valence-corrected chi connectivity index (χ4v) is 2.98. The monoisotopic (exact) mass is 368 g/mol. The Morgan fingerprint density at radius 3 is 2.44 bits per heavy atom. The summed E-state index contributed by atoms with van der Waals surface area (Å²) in [6.45, 7) is 8.20. The number of rotatable bonds is 2. The van der Waals surface area contributed by atoms with Gasteiger partial charge in [0.15, 0.2) is 0 Å². The lowest BCUT2D eigenvalue weighted by Crippen LogP contribution is -2.39. The van der Waals surface area contributed by atoms with Crippen molar-refractivity contribution < 1.29 is 19.1 Å². The largest absolute Gasteiger partial charge is 0.465 e. The number of hydrogen-bond donors (Lipinski definition) is 0. The first kappa shape index (κ1) is 19.4. The van der Waals surface area contributed by atoms with Gasteiger partial charge in [-0.25, -0.2) is 9.59 Å². The van der Waals surface area contributed by atoms with Crippen LogP contribution >= 0.6 is 11.6 Å². The van der Waals surface area contributed by atoms with Crippen LogP contribution in [0.15, 0.2) is 18.2 Å². The summed E-state index contributed by atoms with van der Waals surface area (Å²) in [5.74, 6) is -0.416. The summed E-state index contributed by atoms with van der Waals surface area (Å²) < 4.78 is 10.2. The van der Waals surface area contributed by atoms with Crippen LogP contribution < -0.4 is 4.90 Å². The lowest BCUT2D eigenvalue weighted by atomic mass is 10.2. The minimum Gasteiger partial charge on any atom is -0.465 e. The molecule has 0 aliphatic carbocycles. The van der Waals surface area contributed by atoms with Gasteiger partial charge in [-0.1, -0.05) is 11.6 Å². The van der Waals surface area contributed by atoms with E-state index in [-0.39, 0.29) is 6.09 Å². The number of benzene rings is 1. The van der Waals surface area contributed by atoms with E-state index in [0.717, 1.165) is 18.7 Å². The SMILES string of the molecule is COC(=O)c1ccc(N2CCCN(C(=O)OC(C)(C)C)CC2)c(Cl)c1. The molecule has 25 heavy (non-hydrogen) atoms. The van der Waals surface area contributed by atoms with Crippen molar-refractivity contribution in [3.05, 3.63) is 28.8 Å². The zero-order valence-electron chi connectivity index (χ0n) is 15.2. The van der Waals surface area contributed by atoms with Crippen molar-refractivity contribution >= 4 is 29.4 Å². The van der Waals surface area contributed by atoms with Crippen LogP contribution in [0.4, 0.5) is 10.5 Å². The maximum Gasteiger partial charge on any atom is 0.410 e. The molecule has 1 aromatic rings. The number of ether oxygens (including phenoxy) is 2. The maximum atomic E-state index is 12.2. The molecule has 1 aromatic carbocycles. The molecule has 0 spiro atoms. The Bertz CT molecular complexity index is 642. The summed E-state index contributed by atoms with van der Waals surface area (Å²) >= 11 is 6.35. The molecule has 7 heteroatoms. The van der Waals surface area contributed by atoms with E-state index >= 15 is 0 Å². The van der Waals surface area contributed by atoms with Crippen molar-refractivity contribution in [3.8, 4) is 0 Å². The molecule has 2 rings (SSSR count). The zero-order valence-corrected chi connectivity index (χ0v) is 15.9. The van der Waals surface area contributed by atoms with E-state index in [9.17, 15) is 9.59 Å². The average Bonchev–Trinajstić information content (AvgIpc) is 2.78. The van der Waals surface area contributed by atoms with Crippen molar-refractivity contribution in [2.75, 3.05) is 38.2 Å². The van der Waals surface area contributed by atoms with E-state index in [1.54, 1.807) is 17.0 Å². The first-order valence-corrected chi connectivity index (χ1v) is 8.70. The molecule has 1 aliphatic heterocycles. The highest BCUT2D eigenvalue weighted by atomic mass is 35.5. The first-order valence-electron chi connectivity index (χ1n) is 8.32. The Morgan fingerprint density at radius 1 is 1.12 bits per heavy atom. The van der Waals surface area contributed by atoms with Gasteiger partial charge in [0.1, 0.15) is 5.60 Å². The number of nitrogens with zero attached hydrogens (tertiary/aromatic N) is 2. The van der Waals surface area contributed by atoms with Gasteiger partial charge < -0.3 is 19.3 Å². The number of methoxy groups -OCH3 is 1. The Balaban J connectivity index is 2.06. The van der Waals surface area contributed by atoms with Gasteiger partial charge in [-0.3, -0.25) is 0 Å². The summed E-state index contributed by atoms with van der Waals surface area (Å²) in [6, 6.07) is 5.13. The highest BCUT2D eigenvalue weighted by Crippen LogP contribution is 2.28. The number of amides is 1. The quantitative estimate of drug-likeness (QED) is 0.747. The lowest BCUT2D eigenvalue weighted by molar-refractivity contribution is 0.0263. The van der Waals surface area contributed by atoms with Crippen LogP contribution in [0.5, 0.6) is 0 Å². The van der Waals surface area contributed by atoms with Crippen LogP contribution in [0.3, 0.4) is 0 Å². The maximum absolute atomic E-state index is 12.2. The molecule has 0 radical (unpaired) electrons. The number of carbonyl (C=O) groups excluding carboxylic acids is 2. The second-order valence-electron chi connectivity index (χ2n) is 6.97. The number of esters is 1.